The quantitative estimate of drug-likeness (QED) is 0.699. The zero-order valence-corrected chi connectivity index (χ0v) is 12.5. The average Bonchev–Trinajstić information content (AvgIpc) is 2.36. The molecule has 1 aliphatic heterocycles. The van der Waals surface area contributed by atoms with Gasteiger partial charge in [-0.2, -0.15) is 0 Å². The van der Waals surface area contributed by atoms with Gasteiger partial charge in [-0.15, -0.1) is 0 Å². The predicted octanol–water partition coefficient (Wildman–Crippen LogP) is 2.25. The van der Waals surface area contributed by atoms with E-state index in [-0.39, 0.29) is 0 Å². The molecular weight excluding hydrogens is 224 g/mol. The third-order valence-electron chi connectivity index (χ3n) is 4.01. The van der Waals surface area contributed by atoms with Gasteiger partial charge in [-0.1, -0.05) is 20.8 Å². The Morgan fingerprint density at radius 1 is 1.28 bits per heavy atom. The van der Waals surface area contributed by atoms with Crippen molar-refractivity contribution in [2.45, 2.75) is 58.9 Å². The first-order valence-electron chi connectivity index (χ1n) is 7.64. The molecule has 18 heavy (non-hydrogen) atoms. The number of nitrogens with one attached hydrogen (secondary N) is 1. The van der Waals surface area contributed by atoms with Crippen LogP contribution < -0.4 is 5.32 Å². The van der Waals surface area contributed by atoms with Crippen molar-refractivity contribution in [2.24, 2.45) is 5.41 Å². The number of nitrogens with zero attached hydrogens (tertiary/aromatic N) is 1. The van der Waals surface area contributed by atoms with E-state index in [0.29, 0.717) is 18.1 Å². The monoisotopic (exact) mass is 256 g/mol. The smallest absolute Gasteiger partial charge is 0.0431 e. The topological polar surface area (TPSA) is 35.5 Å². The van der Waals surface area contributed by atoms with E-state index in [0.717, 1.165) is 19.4 Å². The Balaban J connectivity index is 2.17. The van der Waals surface area contributed by atoms with Gasteiger partial charge in [0.05, 0.1) is 0 Å². The molecule has 0 aromatic heterocycles. The Morgan fingerprint density at radius 3 is 2.50 bits per heavy atom. The minimum Gasteiger partial charge on any atom is -0.396 e. The van der Waals surface area contributed by atoms with Crippen molar-refractivity contribution in [1.82, 2.24) is 10.2 Å². The summed E-state index contributed by atoms with van der Waals surface area (Å²) < 4.78 is 0. The van der Waals surface area contributed by atoms with E-state index in [9.17, 15) is 0 Å². The van der Waals surface area contributed by atoms with Gasteiger partial charge in [0.1, 0.15) is 0 Å². The van der Waals surface area contributed by atoms with Crippen molar-refractivity contribution in [3.8, 4) is 0 Å². The van der Waals surface area contributed by atoms with Crippen LogP contribution in [0.1, 0.15) is 52.9 Å². The minimum absolute atomic E-state index is 0.309. The number of aliphatic hydroxyl groups excluding tert-OH is 1. The van der Waals surface area contributed by atoms with Crippen LogP contribution in [0.2, 0.25) is 0 Å². The Hall–Kier alpha value is -0.120. The van der Waals surface area contributed by atoms with Crippen LogP contribution >= 0.6 is 0 Å². The molecule has 0 radical (unpaired) electrons. The highest BCUT2D eigenvalue weighted by molar-refractivity contribution is 4.80. The summed E-state index contributed by atoms with van der Waals surface area (Å²) in [6.07, 6.45) is 5.87. The zero-order chi connectivity index (χ0) is 13.4. The third kappa shape index (κ3) is 6.17. The van der Waals surface area contributed by atoms with Gasteiger partial charge in [0.25, 0.3) is 0 Å². The molecule has 0 spiro atoms. The maximum absolute atomic E-state index is 8.90. The molecular formula is C15H32N2O. The maximum Gasteiger partial charge on any atom is 0.0431 e. The first-order valence-corrected chi connectivity index (χ1v) is 7.64. The second-order valence-electron chi connectivity index (χ2n) is 6.49. The summed E-state index contributed by atoms with van der Waals surface area (Å²) in [5.74, 6) is 0. The van der Waals surface area contributed by atoms with E-state index in [4.69, 9.17) is 5.11 Å². The predicted molar refractivity (Wildman–Crippen MR) is 77.9 cm³/mol. The molecule has 1 rings (SSSR count). The van der Waals surface area contributed by atoms with Crippen LogP contribution in [0.5, 0.6) is 0 Å². The first-order chi connectivity index (χ1) is 8.57. The Morgan fingerprint density at radius 2 is 1.94 bits per heavy atom. The normalized spacial score (nSPS) is 19.3. The maximum atomic E-state index is 8.90. The highest BCUT2D eigenvalue weighted by Crippen LogP contribution is 2.22. The van der Waals surface area contributed by atoms with Crippen molar-refractivity contribution in [3.63, 3.8) is 0 Å². The van der Waals surface area contributed by atoms with E-state index >= 15 is 0 Å². The molecule has 0 aromatic rings. The highest BCUT2D eigenvalue weighted by atomic mass is 16.2. The fraction of sp³-hybridized carbons (Fsp3) is 1.00. The van der Waals surface area contributed by atoms with Crippen LogP contribution in [-0.2, 0) is 0 Å². The van der Waals surface area contributed by atoms with Crippen molar-refractivity contribution < 1.29 is 5.11 Å². The third-order valence-corrected chi connectivity index (χ3v) is 4.01. The van der Waals surface area contributed by atoms with E-state index in [1.54, 1.807) is 0 Å². The Bertz CT molecular complexity index is 211. The fourth-order valence-electron chi connectivity index (χ4n) is 2.74. The summed E-state index contributed by atoms with van der Waals surface area (Å²) in [5.41, 5.74) is 0.309. The molecule has 0 unspecified atom stereocenters. The number of aliphatic hydroxyl groups is 1. The van der Waals surface area contributed by atoms with Gasteiger partial charge in [-0.25, -0.2) is 0 Å². The number of likely N-dealkylation sites (tertiary alicyclic amines) is 1. The summed E-state index contributed by atoms with van der Waals surface area (Å²) in [7, 11) is 0. The number of hydrogen-bond acceptors (Lipinski definition) is 3. The van der Waals surface area contributed by atoms with E-state index < -0.39 is 0 Å². The van der Waals surface area contributed by atoms with Crippen LogP contribution in [0.15, 0.2) is 0 Å². The molecule has 108 valence electrons. The number of hydrogen-bond donors (Lipinski definition) is 2. The molecule has 1 saturated heterocycles. The van der Waals surface area contributed by atoms with Crippen LogP contribution in [0.3, 0.4) is 0 Å². The molecule has 1 heterocycles. The summed E-state index contributed by atoms with van der Waals surface area (Å²) in [5, 5.41) is 12.6. The summed E-state index contributed by atoms with van der Waals surface area (Å²) in [4.78, 5) is 2.58. The molecule has 1 fully saturated rings. The van der Waals surface area contributed by atoms with Crippen LogP contribution in [0.4, 0.5) is 0 Å². The van der Waals surface area contributed by atoms with E-state index in [2.05, 4.69) is 31.0 Å². The molecule has 0 aliphatic carbocycles. The van der Waals surface area contributed by atoms with Gasteiger partial charge in [0.2, 0.25) is 0 Å². The molecule has 0 aromatic carbocycles. The fourth-order valence-corrected chi connectivity index (χ4v) is 2.74. The van der Waals surface area contributed by atoms with Crippen LogP contribution in [0.25, 0.3) is 0 Å². The second-order valence-corrected chi connectivity index (χ2v) is 6.49. The van der Waals surface area contributed by atoms with Gasteiger partial charge in [-0.05, 0) is 57.2 Å². The number of piperidine rings is 1. The Kier molecular flexibility index (Phi) is 7.20. The lowest BCUT2D eigenvalue weighted by Crippen LogP contribution is -2.45. The lowest BCUT2D eigenvalue weighted by atomic mass is 9.87. The first kappa shape index (κ1) is 15.9. The highest BCUT2D eigenvalue weighted by Gasteiger charge is 2.22. The molecule has 3 heteroatoms. The standard InChI is InChI=1S/C15H32N2O/c1-4-9-17-10-6-14(7-11-17)16-13-15(2,3)8-5-12-18/h14,16,18H,4-13H2,1-3H3. The van der Waals surface area contributed by atoms with E-state index in [1.165, 1.54) is 38.9 Å². The number of rotatable bonds is 8. The Labute approximate surface area is 113 Å². The minimum atomic E-state index is 0.309. The van der Waals surface area contributed by atoms with Crippen molar-refractivity contribution in [2.75, 3.05) is 32.8 Å². The van der Waals surface area contributed by atoms with Gasteiger partial charge < -0.3 is 15.3 Å². The molecule has 1 aliphatic rings. The summed E-state index contributed by atoms with van der Waals surface area (Å²) in [6.45, 7) is 12.0. The molecule has 3 nitrogen and oxygen atoms in total. The lowest BCUT2D eigenvalue weighted by molar-refractivity contribution is 0.181. The van der Waals surface area contributed by atoms with E-state index in [1.807, 2.05) is 0 Å². The second kappa shape index (κ2) is 8.13. The van der Waals surface area contributed by atoms with Gasteiger partial charge in [-0.3, -0.25) is 0 Å². The zero-order valence-electron chi connectivity index (χ0n) is 12.5. The van der Waals surface area contributed by atoms with Gasteiger partial charge in [0, 0.05) is 19.2 Å². The molecule has 0 bridgehead atoms. The van der Waals surface area contributed by atoms with Crippen LogP contribution in [0, 0.1) is 5.41 Å². The SMILES string of the molecule is CCCN1CCC(NCC(C)(C)CCCO)CC1. The summed E-state index contributed by atoms with van der Waals surface area (Å²) in [6, 6.07) is 0.700. The molecule has 2 N–H and O–H groups in total. The van der Waals surface area contributed by atoms with Crippen molar-refractivity contribution in [1.29, 1.82) is 0 Å². The van der Waals surface area contributed by atoms with Gasteiger partial charge in [0.15, 0.2) is 0 Å². The molecule has 0 amide bonds. The van der Waals surface area contributed by atoms with Crippen LogP contribution in [-0.4, -0.2) is 48.8 Å². The lowest BCUT2D eigenvalue weighted by Gasteiger charge is -2.34. The van der Waals surface area contributed by atoms with Crippen molar-refractivity contribution >= 4 is 0 Å². The molecule has 0 atom stereocenters. The summed E-state index contributed by atoms with van der Waals surface area (Å²) >= 11 is 0. The molecule has 0 saturated carbocycles. The average molecular weight is 256 g/mol. The van der Waals surface area contributed by atoms with Gasteiger partial charge >= 0.3 is 0 Å². The largest absolute Gasteiger partial charge is 0.396 e. The van der Waals surface area contributed by atoms with Crippen molar-refractivity contribution in [3.05, 3.63) is 0 Å².